The Hall–Kier alpha value is -2.35. The van der Waals surface area contributed by atoms with Crippen molar-refractivity contribution in [3.8, 4) is 0 Å². The number of amides is 1. The number of carbonyl (C=O) groups is 2. The Labute approximate surface area is 142 Å². The lowest BCUT2D eigenvalue weighted by atomic mass is 9.92. The minimum atomic E-state index is -1.40. The summed E-state index contributed by atoms with van der Waals surface area (Å²) in [7, 11) is 1.67. The molecule has 0 aliphatic carbocycles. The number of ether oxygens (including phenoxy) is 1. The van der Waals surface area contributed by atoms with E-state index in [0.717, 1.165) is 23.3 Å². The van der Waals surface area contributed by atoms with Crippen LogP contribution in [0.1, 0.15) is 26.2 Å². The third kappa shape index (κ3) is 2.37. The largest absolute Gasteiger partial charge is 0.479 e. The molecule has 1 aliphatic heterocycles. The van der Waals surface area contributed by atoms with Crippen molar-refractivity contribution in [3.63, 3.8) is 0 Å². The van der Waals surface area contributed by atoms with Crippen molar-refractivity contribution in [2.75, 3.05) is 11.5 Å². The molecule has 1 aliphatic rings. The van der Waals surface area contributed by atoms with E-state index in [2.05, 4.69) is 0 Å². The van der Waals surface area contributed by atoms with Crippen molar-refractivity contribution in [2.45, 2.75) is 31.7 Å². The van der Waals surface area contributed by atoms with E-state index in [0.29, 0.717) is 23.2 Å². The number of aliphatic carboxylic acids is 1. The molecule has 8 heteroatoms. The van der Waals surface area contributed by atoms with E-state index in [1.165, 1.54) is 9.47 Å². The summed E-state index contributed by atoms with van der Waals surface area (Å²) < 4.78 is 7.30. The molecule has 128 valence electrons. The van der Waals surface area contributed by atoms with Gasteiger partial charge in [0.25, 0.3) is 0 Å². The van der Waals surface area contributed by atoms with Crippen molar-refractivity contribution in [2.24, 2.45) is 7.05 Å². The summed E-state index contributed by atoms with van der Waals surface area (Å²) in [5, 5.41) is 9.78. The Bertz CT molecular complexity index is 871. The normalized spacial score (nSPS) is 20.6. The first-order valence-electron chi connectivity index (χ1n) is 7.70. The standard InChI is InChI=1S/C16H18N2O5S/c1-3-4-7-16(13(19)20)9-23-14(21)18(16)10-5-6-11-12(8-10)24-15(22)17(11)2/h5-6,8H,3-4,7,9H2,1-2H3,(H,19,20). The molecule has 1 fully saturated rings. The monoisotopic (exact) mass is 350 g/mol. The molecule has 24 heavy (non-hydrogen) atoms. The molecule has 0 spiro atoms. The molecule has 0 radical (unpaired) electrons. The highest BCUT2D eigenvalue weighted by Crippen LogP contribution is 2.36. The second-order valence-corrected chi connectivity index (χ2v) is 6.90. The van der Waals surface area contributed by atoms with E-state index >= 15 is 0 Å². The van der Waals surface area contributed by atoms with E-state index < -0.39 is 17.6 Å². The quantitative estimate of drug-likeness (QED) is 0.895. The fourth-order valence-electron chi connectivity index (χ4n) is 3.02. The van der Waals surface area contributed by atoms with Crippen molar-refractivity contribution in [1.82, 2.24) is 4.57 Å². The fourth-order valence-corrected chi connectivity index (χ4v) is 3.93. The lowest BCUT2D eigenvalue weighted by molar-refractivity contribution is -0.143. The van der Waals surface area contributed by atoms with Crippen molar-refractivity contribution >= 4 is 39.3 Å². The molecule has 1 atom stereocenters. The first kappa shape index (κ1) is 16.5. The number of anilines is 1. The highest BCUT2D eigenvalue weighted by molar-refractivity contribution is 7.16. The number of carbonyl (C=O) groups excluding carboxylic acids is 1. The van der Waals surface area contributed by atoms with Gasteiger partial charge in [0.1, 0.15) is 6.61 Å². The Balaban J connectivity index is 2.11. The topological polar surface area (TPSA) is 88.8 Å². The molecule has 1 aromatic carbocycles. The predicted molar refractivity (Wildman–Crippen MR) is 90.8 cm³/mol. The lowest BCUT2D eigenvalue weighted by Gasteiger charge is -2.31. The van der Waals surface area contributed by atoms with Gasteiger partial charge in [-0.2, -0.15) is 0 Å². The summed E-state index contributed by atoms with van der Waals surface area (Å²) in [4.78, 5) is 37.1. The summed E-state index contributed by atoms with van der Waals surface area (Å²) >= 11 is 1.06. The summed E-state index contributed by atoms with van der Waals surface area (Å²) in [6.07, 6.45) is 1.13. The first-order valence-corrected chi connectivity index (χ1v) is 8.52. The molecule has 1 amide bonds. The Morgan fingerprint density at radius 2 is 2.17 bits per heavy atom. The molecule has 1 aromatic heterocycles. The maximum Gasteiger partial charge on any atom is 0.415 e. The molecule has 2 aromatic rings. The van der Waals surface area contributed by atoms with Crippen LogP contribution in [0, 0.1) is 0 Å². The van der Waals surface area contributed by atoms with Gasteiger partial charge in [0, 0.05) is 7.05 Å². The maximum atomic E-state index is 12.2. The number of fused-ring (bicyclic) bond motifs is 1. The van der Waals surface area contributed by atoms with Crippen LogP contribution in [0.2, 0.25) is 0 Å². The molecular weight excluding hydrogens is 332 g/mol. The number of nitrogens with zero attached hydrogens (tertiary/aromatic N) is 2. The number of rotatable bonds is 5. The van der Waals surface area contributed by atoms with Crippen molar-refractivity contribution in [3.05, 3.63) is 27.9 Å². The number of hydrogen-bond donors (Lipinski definition) is 1. The van der Waals surface area contributed by atoms with Gasteiger partial charge in [-0.3, -0.25) is 9.69 Å². The summed E-state index contributed by atoms with van der Waals surface area (Å²) in [5.41, 5.74) is -0.221. The second kappa shape index (κ2) is 5.94. The van der Waals surface area contributed by atoms with Gasteiger partial charge in [-0.1, -0.05) is 31.1 Å². The van der Waals surface area contributed by atoms with Gasteiger partial charge in [0.05, 0.1) is 15.9 Å². The number of carboxylic acid groups (broad SMARTS) is 1. The highest BCUT2D eigenvalue weighted by atomic mass is 32.1. The molecule has 2 heterocycles. The van der Waals surface area contributed by atoms with Crippen LogP contribution in [0.5, 0.6) is 0 Å². The number of aromatic nitrogens is 1. The average Bonchev–Trinajstić information content (AvgIpc) is 3.03. The zero-order valence-corrected chi connectivity index (χ0v) is 14.3. The zero-order chi connectivity index (χ0) is 17.5. The third-order valence-corrected chi connectivity index (χ3v) is 5.42. The van der Waals surface area contributed by atoms with Gasteiger partial charge in [-0.05, 0) is 24.6 Å². The number of hydrogen-bond acceptors (Lipinski definition) is 5. The summed E-state index contributed by atoms with van der Waals surface area (Å²) in [5.74, 6) is -1.08. The summed E-state index contributed by atoms with van der Waals surface area (Å²) in [6.45, 7) is 1.79. The van der Waals surface area contributed by atoms with Gasteiger partial charge >= 0.3 is 16.9 Å². The van der Waals surface area contributed by atoms with Crippen LogP contribution in [-0.2, 0) is 16.6 Å². The lowest BCUT2D eigenvalue weighted by Crippen LogP contribution is -2.54. The number of carboxylic acids is 1. The van der Waals surface area contributed by atoms with E-state index in [4.69, 9.17) is 4.74 Å². The van der Waals surface area contributed by atoms with Crippen LogP contribution >= 0.6 is 11.3 Å². The number of cyclic esters (lactones) is 1. The smallest absolute Gasteiger partial charge is 0.415 e. The van der Waals surface area contributed by atoms with Crippen LogP contribution in [0.15, 0.2) is 23.0 Å². The van der Waals surface area contributed by atoms with Gasteiger partial charge in [-0.15, -0.1) is 0 Å². The van der Waals surface area contributed by atoms with Gasteiger partial charge in [0.2, 0.25) is 0 Å². The maximum absolute atomic E-state index is 12.2. The number of unbranched alkanes of at least 4 members (excludes halogenated alkanes) is 1. The van der Waals surface area contributed by atoms with Crippen molar-refractivity contribution < 1.29 is 19.4 Å². The first-order chi connectivity index (χ1) is 11.4. The predicted octanol–water partition coefficient (Wildman–Crippen LogP) is 2.57. The van der Waals surface area contributed by atoms with E-state index in [1.807, 2.05) is 6.92 Å². The third-order valence-electron chi connectivity index (χ3n) is 4.42. The highest BCUT2D eigenvalue weighted by Gasteiger charge is 2.54. The Kier molecular flexibility index (Phi) is 4.08. The molecule has 3 rings (SSSR count). The van der Waals surface area contributed by atoms with Crippen LogP contribution in [0.3, 0.4) is 0 Å². The molecule has 1 saturated heterocycles. The number of thiazole rings is 1. The molecular formula is C16H18N2O5S. The number of aryl methyl sites for hydroxylation is 1. The average molecular weight is 350 g/mol. The van der Waals surface area contributed by atoms with Crippen LogP contribution in [0.4, 0.5) is 10.5 Å². The number of benzene rings is 1. The van der Waals surface area contributed by atoms with Gasteiger partial charge < -0.3 is 14.4 Å². The SMILES string of the molecule is CCCCC1(C(=O)O)COC(=O)N1c1ccc2c(c1)sc(=O)n2C. The minimum Gasteiger partial charge on any atom is -0.479 e. The minimum absolute atomic E-state index is 0.110. The molecule has 0 bridgehead atoms. The second-order valence-electron chi connectivity index (χ2n) is 5.91. The zero-order valence-electron chi connectivity index (χ0n) is 13.4. The summed E-state index contributed by atoms with van der Waals surface area (Å²) in [6, 6.07) is 5.06. The van der Waals surface area contributed by atoms with E-state index in [9.17, 15) is 19.5 Å². The fraction of sp³-hybridized carbons (Fsp3) is 0.438. The Morgan fingerprint density at radius 3 is 2.83 bits per heavy atom. The Morgan fingerprint density at radius 1 is 1.42 bits per heavy atom. The van der Waals surface area contributed by atoms with Crippen LogP contribution < -0.4 is 9.77 Å². The molecule has 7 nitrogen and oxygen atoms in total. The van der Waals surface area contributed by atoms with E-state index in [1.54, 1.807) is 25.2 Å². The molecule has 1 N–H and O–H groups in total. The molecule has 0 saturated carbocycles. The molecule has 1 unspecified atom stereocenters. The van der Waals surface area contributed by atoms with Gasteiger partial charge in [-0.25, -0.2) is 9.59 Å². The van der Waals surface area contributed by atoms with Crippen LogP contribution in [-0.4, -0.2) is 33.9 Å². The van der Waals surface area contributed by atoms with Crippen molar-refractivity contribution in [1.29, 1.82) is 0 Å². The van der Waals surface area contributed by atoms with Gasteiger partial charge in [0.15, 0.2) is 5.54 Å². The van der Waals surface area contributed by atoms with Crippen LogP contribution in [0.25, 0.3) is 10.2 Å². The van der Waals surface area contributed by atoms with E-state index in [-0.39, 0.29) is 11.5 Å².